The molecule has 0 aliphatic heterocycles. The third-order valence-electron chi connectivity index (χ3n) is 3.10. The van der Waals surface area contributed by atoms with E-state index in [2.05, 4.69) is 0 Å². The van der Waals surface area contributed by atoms with Gasteiger partial charge >= 0.3 is 0 Å². The quantitative estimate of drug-likeness (QED) is 0.932. The molecule has 0 bridgehead atoms. The molecule has 0 fully saturated rings. The van der Waals surface area contributed by atoms with Gasteiger partial charge in [0.15, 0.2) is 0 Å². The number of benzene rings is 1. The second-order valence-electron chi connectivity index (χ2n) is 4.25. The Hall–Kier alpha value is -1.52. The van der Waals surface area contributed by atoms with E-state index in [0.29, 0.717) is 15.5 Å². The Bertz CT molecular complexity index is 597. The molecule has 19 heavy (non-hydrogen) atoms. The zero-order valence-electron chi connectivity index (χ0n) is 10.6. The Labute approximate surface area is 121 Å². The third kappa shape index (κ3) is 2.74. The van der Waals surface area contributed by atoms with Gasteiger partial charge in [-0.2, -0.15) is 0 Å². The van der Waals surface area contributed by atoms with Gasteiger partial charge in [-0.15, -0.1) is 11.3 Å². The predicted molar refractivity (Wildman–Crippen MR) is 77.9 cm³/mol. The number of thiophene rings is 1. The van der Waals surface area contributed by atoms with Gasteiger partial charge in [0.25, 0.3) is 5.91 Å². The summed E-state index contributed by atoms with van der Waals surface area (Å²) in [6.45, 7) is 1.87. The summed E-state index contributed by atoms with van der Waals surface area (Å²) < 4.78 is 0. The lowest BCUT2D eigenvalue weighted by Crippen LogP contribution is -2.29. The molecule has 100 valence electrons. The fourth-order valence-electron chi connectivity index (χ4n) is 1.83. The van der Waals surface area contributed by atoms with E-state index in [0.717, 1.165) is 0 Å². The molecule has 1 aromatic carbocycles. The normalized spacial score (nSPS) is 12.2. The summed E-state index contributed by atoms with van der Waals surface area (Å²) in [6, 6.07) is 8.48. The highest BCUT2D eigenvalue weighted by Crippen LogP contribution is 2.30. The van der Waals surface area contributed by atoms with Gasteiger partial charge in [-0.3, -0.25) is 4.79 Å². The number of rotatable bonds is 3. The highest BCUT2D eigenvalue weighted by molar-refractivity contribution is 7.12. The monoisotopic (exact) mass is 295 g/mol. The molecule has 2 rings (SSSR count). The van der Waals surface area contributed by atoms with E-state index in [1.807, 2.05) is 13.0 Å². The van der Waals surface area contributed by atoms with Gasteiger partial charge in [0.1, 0.15) is 10.6 Å². The van der Waals surface area contributed by atoms with Crippen molar-refractivity contribution in [1.82, 2.24) is 4.90 Å². The first-order chi connectivity index (χ1) is 9.02. The first kappa shape index (κ1) is 13.9. The predicted octanol–water partition coefficient (Wildman–Crippen LogP) is 3.94. The average molecular weight is 296 g/mol. The van der Waals surface area contributed by atoms with E-state index in [4.69, 9.17) is 11.6 Å². The number of carbonyl (C=O) groups is 1. The molecule has 1 unspecified atom stereocenters. The maximum absolute atomic E-state index is 12.3. The molecule has 5 heteroatoms. The van der Waals surface area contributed by atoms with Gasteiger partial charge in [0.05, 0.1) is 11.1 Å². The third-order valence-corrected chi connectivity index (χ3v) is 4.43. The summed E-state index contributed by atoms with van der Waals surface area (Å²) in [6.07, 6.45) is 0. The number of nitrogens with zero attached hydrogens (tertiary/aromatic N) is 1. The number of carbonyl (C=O) groups excluding carboxylic acids is 1. The Balaban J connectivity index is 2.25. The molecular formula is C14H14ClNO2S. The number of amides is 1. The molecule has 1 amide bonds. The molecule has 0 spiro atoms. The van der Waals surface area contributed by atoms with Crippen molar-refractivity contribution in [3.63, 3.8) is 0 Å². The first-order valence-corrected chi connectivity index (χ1v) is 7.06. The molecule has 0 saturated carbocycles. The number of hydrogen-bond donors (Lipinski definition) is 1. The molecule has 0 saturated heterocycles. The van der Waals surface area contributed by atoms with Crippen molar-refractivity contribution >= 4 is 28.8 Å². The number of hydrogen-bond acceptors (Lipinski definition) is 3. The molecule has 1 N–H and O–H groups in total. The van der Waals surface area contributed by atoms with Crippen LogP contribution < -0.4 is 0 Å². The second kappa shape index (κ2) is 5.63. The molecule has 3 nitrogen and oxygen atoms in total. The summed E-state index contributed by atoms with van der Waals surface area (Å²) in [5.41, 5.74) is 0.714. The van der Waals surface area contributed by atoms with Crippen LogP contribution in [0.3, 0.4) is 0 Å². The summed E-state index contributed by atoms with van der Waals surface area (Å²) in [5.74, 6) is 0.0441. The van der Waals surface area contributed by atoms with Crippen molar-refractivity contribution in [2.24, 2.45) is 0 Å². The first-order valence-electron chi connectivity index (χ1n) is 5.80. The summed E-state index contributed by atoms with van der Waals surface area (Å²) in [4.78, 5) is 14.4. The van der Waals surface area contributed by atoms with E-state index in [1.54, 1.807) is 41.6 Å². The van der Waals surface area contributed by atoms with Crippen LogP contribution in [0.5, 0.6) is 5.75 Å². The number of phenolic OH excluding ortho intramolecular Hbond substituents is 1. The number of halogens is 1. The SMILES string of the molecule is CC(c1ccccc1O)N(C)C(=O)c1sccc1Cl. The molecule has 0 radical (unpaired) electrons. The van der Waals surface area contributed by atoms with Crippen LogP contribution in [0.25, 0.3) is 0 Å². The van der Waals surface area contributed by atoms with E-state index >= 15 is 0 Å². The maximum atomic E-state index is 12.3. The maximum Gasteiger partial charge on any atom is 0.265 e. The summed E-state index contributed by atoms with van der Waals surface area (Å²) in [5, 5.41) is 12.1. The minimum Gasteiger partial charge on any atom is -0.508 e. The zero-order valence-corrected chi connectivity index (χ0v) is 12.2. The van der Waals surface area contributed by atoms with Crippen molar-refractivity contribution in [2.75, 3.05) is 7.05 Å². The Morgan fingerprint density at radius 3 is 2.63 bits per heavy atom. The lowest BCUT2D eigenvalue weighted by atomic mass is 10.1. The van der Waals surface area contributed by atoms with Crippen molar-refractivity contribution in [3.8, 4) is 5.75 Å². The number of aromatic hydroxyl groups is 1. The molecule has 1 atom stereocenters. The van der Waals surface area contributed by atoms with E-state index in [-0.39, 0.29) is 17.7 Å². The van der Waals surface area contributed by atoms with Crippen molar-refractivity contribution < 1.29 is 9.90 Å². The van der Waals surface area contributed by atoms with Crippen LogP contribution in [-0.4, -0.2) is 23.0 Å². The average Bonchev–Trinajstić information content (AvgIpc) is 2.83. The summed E-state index contributed by atoms with van der Waals surface area (Å²) >= 11 is 7.29. The smallest absolute Gasteiger partial charge is 0.265 e. The molecule has 1 heterocycles. The lowest BCUT2D eigenvalue weighted by Gasteiger charge is -2.25. The van der Waals surface area contributed by atoms with Gasteiger partial charge in [-0.05, 0) is 24.4 Å². The largest absolute Gasteiger partial charge is 0.508 e. The van der Waals surface area contributed by atoms with E-state index in [1.165, 1.54) is 11.3 Å². The van der Waals surface area contributed by atoms with Crippen LogP contribution in [-0.2, 0) is 0 Å². The van der Waals surface area contributed by atoms with Gasteiger partial charge in [0.2, 0.25) is 0 Å². The standard InChI is InChI=1S/C14H14ClNO2S/c1-9(10-5-3-4-6-12(10)17)16(2)14(18)13-11(15)7-8-19-13/h3-9,17H,1-2H3. The topological polar surface area (TPSA) is 40.5 Å². The zero-order chi connectivity index (χ0) is 14.0. The van der Waals surface area contributed by atoms with Crippen LogP contribution in [0.4, 0.5) is 0 Å². The molecular weight excluding hydrogens is 282 g/mol. The number of phenols is 1. The molecule has 2 aromatic rings. The van der Waals surface area contributed by atoms with Crippen LogP contribution in [0, 0.1) is 0 Å². The van der Waals surface area contributed by atoms with Crippen LogP contribution in [0.15, 0.2) is 35.7 Å². The summed E-state index contributed by atoms with van der Waals surface area (Å²) in [7, 11) is 1.70. The minimum atomic E-state index is -0.230. The molecule has 1 aromatic heterocycles. The molecule has 0 aliphatic carbocycles. The van der Waals surface area contributed by atoms with Crippen LogP contribution in [0.2, 0.25) is 5.02 Å². The van der Waals surface area contributed by atoms with Crippen molar-refractivity contribution in [3.05, 3.63) is 51.2 Å². The van der Waals surface area contributed by atoms with E-state index < -0.39 is 0 Å². The van der Waals surface area contributed by atoms with E-state index in [9.17, 15) is 9.90 Å². The number of para-hydroxylation sites is 1. The minimum absolute atomic E-state index is 0.143. The molecule has 0 aliphatic rings. The highest BCUT2D eigenvalue weighted by atomic mass is 35.5. The van der Waals surface area contributed by atoms with Gasteiger partial charge in [-0.1, -0.05) is 29.8 Å². The van der Waals surface area contributed by atoms with Crippen LogP contribution >= 0.6 is 22.9 Å². The van der Waals surface area contributed by atoms with Gasteiger partial charge in [-0.25, -0.2) is 0 Å². The lowest BCUT2D eigenvalue weighted by molar-refractivity contribution is 0.0746. The van der Waals surface area contributed by atoms with Crippen molar-refractivity contribution in [2.45, 2.75) is 13.0 Å². The van der Waals surface area contributed by atoms with Crippen molar-refractivity contribution in [1.29, 1.82) is 0 Å². The fraction of sp³-hybridized carbons (Fsp3) is 0.214. The van der Waals surface area contributed by atoms with Gasteiger partial charge in [0, 0.05) is 12.6 Å². The highest BCUT2D eigenvalue weighted by Gasteiger charge is 2.23. The Kier molecular flexibility index (Phi) is 4.12. The van der Waals surface area contributed by atoms with Gasteiger partial charge < -0.3 is 10.0 Å². The van der Waals surface area contributed by atoms with Crippen LogP contribution in [0.1, 0.15) is 28.2 Å². The fourth-order valence-corrected chi connectivity index (χ4v) is 2.95. The second-order valence-corrected chi connectivity index (χ2v) is 5.57. The Morgan fingerprint density at radius 1 is 1.37 bits per heavy atom. The Morgan fingerprint density at radius 2 is 2.05 bits per heavy atom.